The Morgan fingerprint density at radius 2 is 2.26 bits per heavy atom. The molecule has 1 aromatic rings. The number of furan rings is 1. The molecule has 0 bridgehead atoms. The Morgan fingerprint density at radius 1 is 1.53 bits per heavy atom. The van der Waals surface area contributed by atoms with Crippen LogP contribution in [0.25, 0.3) is 0 Å². The third-order valence-electron chi connectivity index (χ3n) is 3.23. The van der Waals surface area contributed by atoms with E-state index in [0.717, 1.165) is 0 Å². The molecule has 0 aromatic carbocycles. The molecule has 2 heterocycles. The Balaban J connectivity index is 2.08. The summed E-state index contributed by atoms with van der Waals surface area (Å²) < 4.78 is 31.2. The summed E-state index contributed by atoms with van der Waals surface area (Å²) in [5.74, 6) is 0. The molecule has 0 aliphatic carbocycles. The van der Waals surface area contributed by atoms with Crippen molar-refractivity contribution in [1.82, 2.24) is 9.21 Å². The van der Waals surface area contributed by atoms with E-state index in [9.17, 15) is 13.5 Å². The number of sulfonamides is 1. The molecule has 0 amide bonds. The van der Waals surface area contributed by atoms with Crippen molar-refractivity contribution < 1.29 is 17.9 Å². The van der Waals surface area contributed by atoms with Crippen molar-refractivity contribution in [3.63, 3.8) is 0 Å². The van der Waals surface area contributed by atoms with E-state index in [1.165, 1.54) is 16.6 Å². The number of hydrogen-bond donors (Lipinski definition) is 1. The molecule has 1 aliphatic rings. The Morgan fingerprint density at radius 3 is 2.79 bits per heavy atom. The summed E-state index contributed by atoms with van der Waals surface area (Å²) in [6.07, 6.45) is 0.960. The van der Waals surface area contributed by atoms with Gasteiger partial charge in [-0.25, -0.2) is 8.42 Å². The van der Waals surface area contributed by atoms with Gasteiger partial charge < -0.3 is 9.52 Å². The Bertz CT molecular complexity index is 498. The predicted molar refractivity (Wildman–Crippen MR) is 70.2 cm³/mol. The molecule has 1 aliphatic heterocycles. The van der Waals surface area contributed by atoms with Crippen molar-refractivity contribution in [3.05, 3.63) is 18.4 Å². The van der Waals surface area contributed by atoms with Crippen molar-refractivity contribution >= 4 is 10.0 Å². The summed E-state index contributed by atoms with van der Waals surface area (Å²) in [5, 5.41) is 9.37. The van der Waals surface area contributed by atoms with Crippen LogP contribution in [-0.2, 0) is 10.0 Å². The van der Waals surface area contributed by atoms with E-state index in [-0.39, 0.29) is 11.1 Å². The van der Waals surface area contributed by atoms with Crippen LogP contribution in [0.2, 0.25) is 0 Å². The largest absolute Gasteiger partial charge is 0.452 e. The highest BCUT2D eigenvalue weighted by Crippen LogP contribution is 2.21. The SMILES string of the molecule is C[C@@H]1CN(C[C@@H](C)O)CCN1S(=O)(=O)c1ccco1. The van der Waals surface area contributed by atoms with E-state index in [2.05, 4.69) is 4.90 Å². The first kappa shape index (κ1) is 14.5. The maximum absolute atomic E-state index is 12.4. The number of aliphatic hydroxyl groups excluding tert-OH is 1. The zero-order chi connectivity index (χ0) is 14.0. The first-order valence-electron chi connectivity index (χ1n) is 6.37. The van der Waals surface area contributed by atoms with Crippen LogP contribution in [-0.4, -0.2) is 61.1 Å². The lowest BCUT2D eigenvalue weighted by atomic mass is 10.2. The second-order valence-electron chi connectivity index (χ2n) is 5.01. The lowest BCUT2D eigenvalue weighted by molar-refractivity contribution is 0.0835. The van der Waals surface area contributed by atoms with Crippen LogP contribution in [0, 0.1) is 0 Å². The molecule has 1 fully saturated rings. The van der Waals surface area contributed by atoms with Gasteiger partial charge in [0.05, 0.1) is 12.4 Å². The first-order chi connectivity index (χ1) is 8.91. The van der Waals surface area contributed by atoms with Crippen LogP contribution in [0.3, 0.4) is 0 Å². The first-order valence-corrected chi connectivity index (χ1v) is 7.81. The van der Waals surface area contributed by atoms with Gasteiger partial charge in [-0.3, -0.25) is 4.90 Å². The minimum Gasteiger partial charge on any atom is -0.452 e. The predicted octanol–water partition coefficient (Wildman–Crippen LogP) is 0.355. The molecule has 2 rings (SSSR count). The van der Waals surface area contributed by atoms with Crippen molar-refractivity contribution in [1.29, 1.82) is 0 Å². The van der Waals surface area contributed by atoms with Gasteiger partial charge in [0, 0.05) is 32.2 Å². The van der Waals surface area contributed by atoms with Crippen LogP contribution >= 0.6 is 0 Å². The minimum absolute atomic E-state index is 0.0108. The zero-order valence-corrected chi connectivity index (χ0v) is 12.0. The zero-order valence-electron chi connectivity index (χ0n) is 11.2. The van der Waals surface area contributed by atoms with E-state index >= 15 is 0 Å². The number of hydrogen-bond acceptors (Lipinski definition) is 5. The van der Waals surface area contributed by atoms with E-state index in [1.807, 2.05) is 6.92 Å². The number of aliphatic hydroxyl groups is 1. The van der Waals surface area contributed by atoms with Crippen LogP contribution in [0.15, 0.2) is 27.9 Å². The van der Waals surface area contributed by atoms with Gasteiger partial charge in [0.2, 0.25) is 5.09 Å². The Labute approximate surface area is 113 Å². The van der Waals surface area contributed by atoms with Gasteiger partial charge in [-0.1, -0.05) is 0 Å². The Kier molecular flexibility index (Phi) is 4.29. The van der Waals surface area contributed by atoms with Gasteiger partial charge in [0.25, 0.3) is 10.0 Å². The van der Waals surface area contributed by atoms with Crippen LogP contribution in [0.1, 0.15) is 13.8 Å². The van der Waals surface area contributed by atoms with Gasteiger partial charge in [-0.2, -0.15) is 4.31 Å². The van der Waals surface area contributed by atoms with Gasteiger partial charge in [0.1, 0.15) is 0 Å². The summed E-state index contributed by atoms with van der Waals surface area (Å²) in [5.41, 5.74) is 0. The summed E-state index contributed by atoms with van der Waals surface area (Å²) in [7, 11) is -3.54. The highest BCUT2D eigenvalue weighted by atomic mass is 32.2. The van der Waals surface area contributed by atoms with Crippen LogP contribution in [0.5, 0.6) is 0 Å². The highest BCUT2D eigenvalue weighted by molar-refractivity contribution is 7.89. The molecule has 108 valence electrons. The summed E-state index contributed by atoms with van der Waals surface area (Å²) >= 11 is 0. The average Bonchev–Trinajstić information content (AvgIpc) is 2.81. The summed E-state index contributed by atoms with van der Waals surface area (Å²) in [6.45, 7) is 5.82. The number of piperazine rings is 1. The summed E-state index contributed by atoms with van der Waals surface area (Å²) in [4.78, 5) is 2.07. The van der Waals surface area contributed by atoms with Gasteiger partial charge in [-0.05, 0) is 26.0 Å². The van der Waals surface area contributed by atoms with Gasteiger partial charge in [-0.15, -0.1) is 0 Å². The fraction of sp³-hybridized carbons (Fsp3) is 0.667. The topological polar surface area (TPSA) is 74.0 Å². The number of rotatable bonds is 4. The molecule has 1 saturated heterocycles. The fourth-order valence-electron chi connectivity index (χ4n) is 2.44. The van der Waals surface area contributed by atoms with Gasteiger partial charge >= 0.3 is 0 Å². The third-order valence-corrected chi connectivity index (χ3v) is 5.13. The lowest BCUT2D eigenvalue weighted by Gasteiger charge is -2.38. The molecule has 19 heavy (non-hydrogen) atoms. The average molecular weight is 288 g/mol. The molecule has 0 saturated carbocycles. The maximum Gasteiger partial charge on any atom is 0.276 e. The molecule has 0 spiro atoms. The molecule has 6 nitrogen and oxygen atoms in total. The monoisotopic (exact) mass is 288 g/mol. The van der Waals surface area contributed by atoms with Crippen molar-refractivity contribution in [2.24, 2.45) is 0 Å². The molecule has 7 heteroatoms. The molecule has 0 unspecified atom stereocenters. The van der Waals surface area contributed by atoms with E-state index in [1.54, 1.807) is 13.0 Å². The molecular formula is C12H20N2O4S. The highest BCUT2D eigenvalue weighted by Gasteiger charge is 2.35. The maximum atomic E-state index is 12.4. The smallest absolute Gasteiger partial charge is 0.276 e. The second kappa shape index (κ2) is 5.62. The van der Waals surface area contributed by atoms with E-state index in [0.29, 0.717) is 26.2 Å². The number of β-amino-alcohol motifs (C(OH)–C–C–N with tert-alkyl or cyclic N) is 1. The molecule has 2 atom stereocenters. The molecular weight excluding hydrogens is 268 g/mol. The van der Waals surface area contributed by atoms with Crippen LogP contribution < -0.4 is 0 Å². The fourth-order valence-corrected chi connectivity index (χ4v) is 3.96. The quantitative estimate of drug-likeness (QED) is 0.865. The molecule has 0 radical (unpaired) electrons. The Hall–Kier alpha value is -0.890. The normalized spacial score (nSPS) is 24.5. The van der Waals surface area contributed by atoms with E-state index in [4.69, 9.17) is 4.42 Å². The van der Waals surface area contributed by atoms with E-state index < -0.39 is 16.1 Å². The molecule has 1 N–H and O–H groups in total. The number of nitrogens with zero attached hydrogens (tertiary/aromatic N) is 2. The summed E-state index contributed by atoms with van der Waals surface area (Å²) in [6, 6.07) is 2.90. The van der Waals surface area contributed by atoms with Gasteiger partial charge in [0.15, 0.2) is 0 Å². The third kappa shape index (κ3) is 3.17. The molecule has 1 aromatic heterocycles. The van der Waals surface area contributed by atoms with Crippen molar-refractivity contribution in [2.75, 3.05) is 26.2 Å². The van der Waals surface area contributed by atoms with Crippen LogP contribution in [0.4, 0.5) is 0 Å². The minimum atomic E-state index is -3.54. The van der Waals surface area contributed by atoms with Crippen molar-refractivity contribution in [2.45, 2.75) is 31.1 Å². The van der Waals surface area contributed by atoms with Crippen molar-refractivity contribution in [3.8, 4) is 0 Å². The standard InChI is InChI=1S/C12H20N2O4S/c1-10-8-13(9-11(2)15)5-6-14(10)19(16,17)12-4-3-7-18-12/h3-4,7,10-11,15H,5-6,8-9H2,1-2H3/t10-,11-/m1/s1. The second-order valence-corrected chi connectivity index (χ2v) is 6.83. The lowest BCUT2D eigenvalue weighted by Crippen LogP contribution is -2.54.